The monoisotopic (exact) mass is 313 g/mol. The van der Waals surface area contributed by atoms with E-state index in [4.69, 9.17) is 10.5 Å². The van der Waals surface area contributed by atoms with Gasteiger partial charge >= 0.3 is 0 Å². The molecule has 0 aliphatic carbocycles. The molecule has 2 aromatic rings. The Morgan fingerprint density at radius 1 is 1.45 bits per heavy atom. The van der Waals surface area contributed by atoms with Crippen LogP contribution in [0.4, 0.5) is 5.69 Å². The van der Waals surface area contributed by atoms with E-state index in [0.717, 1.165) is 0 Å². The maximum Gasteiger partial charge on any atom is 0.243 e. The summed E-state index contributed by atoms with van der Waals surface area (Å²) >= 11 is 1.43. The van der Waals surface area contributed by atoms with Crippen molar-refractivity contribution in [3.8, 4) is 5.75 Å². The van der Waals surface area contributed by atoms with E-state index >= 15 is 0 Å². The van der Waals surface area contributed by atoms with Crippen LogP contribution in [0.1, 0.15) is 5.69 Å². The first kappa shape index (κ1) is 14.8. The van der Waals surface area contributed by atoms with Gasteiger partial charge in [0.05, 0.1) is 35.4 Å². The molecule has 0 saturated carbocycles. The number of hydrogen-bond acceptors (Lipinski definition) is 6. The van der Waals surface area contributed by atoms with Gasteiger partial charge in [-0.1, -0.05) is 0 Å². The van der Waals surface area contributed by atoms with Gasteiger partial charge in [0.25, 0.3) is 0 Å². The van der Waals surface area contributed by atoms with Crippen LogP contribution < -0.4 is 10.5 Å². The fourth-order valence-corrected chi connectivity index (χ4v) is 3.41. The minimum atomic E-state index is -3.60. The van der Waals surface area contributed by atoms with Crippen LogP contribution in [0.25, 0.3) is 0 Å². The van der Waals surface area contributed by atoms with Crippen LogP contribution in [-0.2, 0) is 16.6 Å². The molecule has 108 valence electrons. The lowest BCUT2D eigenvalue weighted by molar-refractivity contribution is 0.416. The van der Waals surface area contributed by atoms with Crippen LogP contribution in [0.2, 0.25) is 0 Å². The quantitative estimate of drug-likeness (QED) is 0.847. The number of thiazole rings is 1. The SMILES string of the molecule is COc1ccc(S(=O)(=O)N(C)Cc2cscn2)cc1N. The van der Waals surface area contributed by atoms with Crippen LogP contribution in [0, 0.1) is 0 Å². The van der Waals surface area contributed by atoms with Gasteiger partial charge < -0.3 is 10.5 Å². The summed E-state index contributed by atoms with van der Waals surface area (Å²) in [5.74, 6) is 0.450. The second-order valence-corrected chi connectivity index (χ2v) is 6.91. The maximum atomic E-state index is 12.4. The van der Waals surface area contributed by atoms with Crippen LogP contribution >= 0.6 is 11.3 Å². The third-order valence-corrected chi connectivity index (χ3v) is 5.21. The molecule has 0 amide bonds. The summed E-state index contributed by atoms with van der Waals surface area (Å²) in [6, 6.07) is 4.41. The molecule has 1 heterocycles. The van der Waals surface area contributed by atoms with E-state index in [1.165, 1.54) is 41.9 Å². The van der Waals surface area contributed by atoms with Crippen LogP contribution in [0.5, 0.6) is 5.75 Å². The normalized spacial score (nSPS) is 11.8. The molecule has 0 fully saturated rings. The summed E-state index contributed by atoms with van der Waals surface area (Å²) in [6.45, 7) is 0.220. The lowest BCUT2D eigenvalue weighted by atomic mass is 10.3. The van der Waals surface area contributed by atoms with E-state index in [2.05, 4.69) is 4.98 Å². The number of nitrogens with zero attached hydrogens (tertiary/aromatic N) is 2. The number of hydrogen-bond donors (Lipinski definition) is 1. The summed E-state index contributed by atoms with van der Waals surface area (Å²) in [7, 11) is -0.611. The van der Waals surface area contributed by atoms with E-state index in [0.29, 0.717) is 11.4 Å². The predicted molar refractivity (Wildman–Crippen MR) is 78.2 cm³/mol. The van der Waals surface area contributed by atoms with Crippen molar-refractivity contribution in [1.29, 1.82) is 0 Å². The predicted octanol–water partition coefficient (Wildman–Crippen LogP) is 1.55. The molecule has 0 bridgehead atoms. The minimum Gasteiger partial charge on any atom is -0.495 e. The average Bonchev–Trinajstić information content (AvgIpc) is 2.91. The molecule has 20 heavy (non-hydrogen) atoms. The highest BCUT2D eigenvalue weighted by Crippen LogP contribution is 2.26. The minimum absolute atomic E-state index is 0.133. The topological polar surface area (TPSA) is 85.5 Å². The lowest BCUT2D eigenvalue weighted by Crippen LogP contribution is -2.26. The van der Waals surface area contributed by atoms with Crippen LogP contribution in [0.15, 0.2) is 34.0 Å². The summed E-state index contributed by atoms with van der Waals surface area (Å²) < 4.78 is 31.1. The van der Waals surface area contributed by atoms with Crippen LogP contribution in [-0.4, -0.2) is 31.9 Å². The number of ether oxygens (including phenoxy) is 1. The second-order valence-electron chi connectivity index (χ2n) is 4.14. The summed E-state index contributed by atoms with van der Waals surface area (Å²) in [5.41, 5.74) is 8.41. The first-order valence-corrected chi connectivity index (χ1v) is 8.10. The lowest BCUT2D eigenvalue weighted by Gasteiger charge is -2.17. The Labute approximate surface area is 121 Å². The first-order chi connectivity index (χ1) is 9.45. The molecule has 0 unspecified atom stereocenters. The van der Waals surface area contributed by atoms with Gasteiger partial charge in [-0.15, -0.1) is 11.3 Å². The van der Waals surface area contributed by atoms with E-state index in [9.17, 15) is 8.42 Å². The molecule has 0 aliphatic rings. The Kier molecular flexibility index (Phi) is 4.26. The number of nitrogens with two attached hydrogens (primary N) is 1. The summed E-state index contributed by atoms with van der Waals surface area (Å²) in [5, 5.41) is 1.81. The van der Waals surface area contributed by atoms with E-state index in [1.807, 2.05) is 5.38 Å². The third kappa shape index (κ3) is 2.92. The number of methoxy groups -OCH3 is 1. The molecule has 0 radical (unpaired) electrons. The van der Waals surface area contributed by atoms with Gasteiger partial charge in [0.15, 0.2) is 0 Å². The highest BCUT2D eigenvalue weighted by atomic mass is 32.2. The molecule has 1 aromatic heterocycles. The summed E-state index contributed by atoms with van der Waals surface area (Å²) in [6.07, 6.45) is 0. The largest absolute Gasteiger partial charge is 0.495 e. The molecular formula is C12H15N3O3S2. The van der Waals surface area contributed by atoms with Crippen molar-refractivity contribution in [2.24, 2.45) is 0 Å². The van der Waals surface area contributed by atoms with Crippen LogP contribution in [0.3, 0.4) is 0 Å². The van der Waals surface area contributed by atoms with Gasteiger partial charge in [-0.05, 0) is 18.2 Å². The Morgan fingerprint density at radius 3 is 2.75 bits per heavy atom. The van der Waals surface area contributed by atoms with Gasteiger partial charge in [-0.3, -0.25) is 0 Å². The number of sulfonamides is 1. The smallest absolute Gasteiger partial charge is 0.243 e. The van der Waals surface area contributed by atoms with E-state index in [-0.39, 0.29) is 17.1 Å². The molecule has 0 atom stereocenters. The molecule has 1 aromatic carbocycles. The molecule has 0 spiro atoms. The van der Waals surface area contributed by atoms with E-state index < -0.39 is 10.0 Å². The number of anilines is 1. The molecule has 0 aliphatic heterocycles. The Hall–Kier alpha value is -1.64. The van der Waals surface area contributed by atoms with Crippen molar-refractivity contribution in [2.75, 3.05) is 19.9 Å². The fourth-order valence-electron chi connectivity index (χ4n) is 1.68. The average molecular weight is 313 g/mol. The molecule has 8 heteroatoms. The van der Waals surface area contributed by atoms with Gasteiger partial charge in [0.1, 0.15) is 5.75 Å². The van der Waals surface area contributed by atoms with E-state index in [1.54, 1.807) is 11.6 Å². The summed E-state index contributed by atoms with van der Waals surface area (Å²) in [4.78, 5) is 4.21. The maximum absolute atomic E-state index is 12.4. The Morgan fingerprint density at radius 2 is 2.20 bits per heavy atom. The first-order valence-electron chi connectivity index (χ1n) is 5.72. The number of rotatable bonds is 5. The molecule has 2 rings (SSSR count). The second kappa shape index (κ2) is 5.78. The Bertz CT molecular complexity index is 684. The number of benzene rings is 1. The standard InChI is InChI=1S/C12H15N3O3S2/c1-15(6-9-7-19-8-14-9)20(16,17)10-3-4-12(18-2)11(13)5-10/h3-5,7-8H,6,13H2,1-2H3. The van der Waals surface area contributed by atoms with Gasteiger partial charge in [-0.2, -0.15) is 4.31 Å². The zero-order valence-electron chi connectivity index (χ0n) is 11.1. The molecule has 2 N–H and O–H groups in total. The number of nitrogen functional groups attached to an aromatic ring is 1. The van der Waals surface area contributed by atoms with Crippen molar-refractivity contribution < 1.29 is 13.2 Å². The van der Waals surface area contributed by atoms with Crippen molar-refractivity contribution in [3.63, 3.8) is 0 Å². The van der Waals surface area contributed by atoms with Crippen molar-refractivity contribution in [1.82, 2.24) is 9.29 Å². The molecule has 0 saturated heterocycles. The number of aromatic nitrogens is 1. The zero-order chi connectivity index (χ0) is 14.8. The van der Waals surface area contributed by atoms with Crippen molar-refractivity contribution in [2.45, 2.75) is 11.4 Å². The zero-order valence-corrected chi connectivity index (χ0v) is 12.7. The Balaban J connectivity index is 2.27. The molecule has 6 nitrogen and oxygen atoms in total. The highest BCUT2D eigenvalue weighted by Gasteiger charge is 2.22. The third-order valence-electron chi connectivity index (χ3n) is 2.78. The van der Waals surface area contributed by atoms with Gasteiger partial charge in [-0.25, -0.2) is 13.4 Å². The van der Waals surface area contributed by atoms with Gasteiger partial charge in [0, 0.05) is 12.4 Å². The molecular weight excluding hydrogens is 298 g/mol. The van der Waals surface area contributed by atoms with Crippen molar-refractivity contribution >= 4 is 27.0 Å². The highest BCUT2D eigenvalue weighted by molar-refractivity contribution is 7.89. The van der Waals surface area contributed by atoms with Gasteiger partial charge in [0.2, 0.25) is 10.0 Å². The fraction of sp³-hybridized carbons (Fsp3) is 0.250. The van der Waals surface area contributed by atoms with Crippen molar-refractivity contribution in [3.05, 3.63) is 34.8 Å².